The highest BCUT2D eigenvalue weighted by atomic mass is 19.4. The van der Waals surface area contributed by atoms with Gasteiger partial charge in [0.05, 0.1) is 18.6 Å². The summed E-state index contributed by atoms with van der Waals surface area (Å²) in [6, 6.07) is 2.25. The molecule has 24 heavy (non-hydrogen) atoms. The Kier molecular flexibility index (Phi) is 5.85. The van der Waals surface area contributed by atoms with Gasteiger partial charge in [0.15, 0.2) is 0 Å². The van der Waals surface area contributed by atoms with Crippen LogP contribution >= 0.6 is 0 Å². The summed E-state index contributed by atoms with van der Waals surface area (Å²) in [6.45, 7) is 3.69. The predicted octanol–water partition coefficient (Wildman–Crippen LogP) is 4.52. The molecule has 1 fully saturated rings. The number of benzene rings is 1. The second-order valence-electron chi connectivity index (χ2n) is 6.00. The minimum atomic E-state index is -4.94. The lowest BCUT2D eigenvalue weighted by Gasteiger charge is -2.25. The average Bonchev–Trinajstić information content (AvgIpc) is 2.49. The molecule has 1 aromatic rings. The van der Waals surface area contributed by atoms with Crippen molar-refractivity contribution in [2.75, 3.05) is 6.61 Å². The van der Waals surface area contributed by atoms with E-state index in [1.165, 1.54) is 6.07 Å². The van der Waals surface area contributed by atoms with E-state index in [-0.39, 0.29) is 24.7 Å². The Hall–Kier alpha value is -1.63. The van der Waals surface area contributed by atoms with Gasteiger partial charge in [-0.15, -0.1) is 0 Å². The topological polar surface area (TPSA) is 35.5 Å². The number of alkyl halides is 3. The van der Waals surface area contributed by atoms with Gasteiger partial charge in [0.2, 0.25) is 0 Å². The van der Waals surface area contributed by atoms with E-state index >= 15 is 0 Å². The maximum atomic E-state index is 14.2. The quantitative estimate of drug-likeness (QED) is 0.456. The highest BCUT2D eigenvalue weighted by molar-refractivity contribution is 5.76. The molecule has 2 atom stereocenters. The van der Waals surface area contributed by atoms with Crippen molar-refractivity contribution in [2.24, 2.45) is 5.92 Å². The minimum Gasteiger partial charge on any atom is -0.425 e. The van der Waals surface area contributed by atoms with E-state index in [9.17, 15) is 22.4 Å². The van der Waals surface area contributed by atoms with Crippen molar-refractivity contribution in [3.05, 3.63) is 29.1 Å². The van der Waals surface area contributed by atoms with Crippen LogP contribution in [0.15, 0.2) is 12.1 Å². The molecule has 0 spiro atoms. The van der Waals surface area contributed by atoms with E-state index in [1.807, 2.05) is 6.92 Å². The first-order chi connectivity index (χ1) is 11.2. The second kappa shape index (κ2) is 7.51. The van der Waals surface area contributed by atoms with Crippen LogP contribution in [0.3, 0.4) is 0 Å². The molecule has 2 rings (SSSR count). The number of aryl methyl sites for hydroxylation is 1. The summed E-state index contributed by atoms with van der Waals surface area (Å²) >= 11 is 0. The summed E-state index contributed by atoms with van der Waals surface area (Å²) in [5.74, 6) is -3.62. The van der Waals surface area contributed by atoms with Crippen LogP contribution in [0.25, 0.3) is 0 Å². The van der Waals surface area contributed by atoms with Gasteiger partial charge in [0.25, 0.3) is 0 Å². The number of halogens is 4. The Balaban J connectivity index is 2.26. The summed E-state index contributed by atoms with van der Waals surface area (Å²) in [7, 11) is 0. The zero-order chi connectivity index (χ0) is 17.9. The van der Waals surface area contributed by atoms with Crippen molar-refractivity contribution in [3.63, 3.8) is 0 Å². The van der Waals surface area contributed by atoms with Gasteiger partial charge in [0.1, 0.15) is 17.1 Å². The number of hydrogen-bond acceptors (Lipinski definition) is 3. The molecule has 134 valence electrons. The molecule has 0 radical (unpaired) electrons. The van der Waals surface area contributed by atoms with Gasteiger partial charge in [0, 0.05) is 0 Å². The molecule has 1 aliphatic heterocycles. The Bertz CT molecular complexity index is 590. The number of esters is 1. The fourth-order valence-corrected chi connectivity index (χ4v) is 2.67. The van der Waals surface area contributed by atoms with Gasteiger partial charge >= 0.3 is 12.1 Å². The van der Waals surface area contributed by atoms with Crippen molar-refractivity contribution >= 4 is 5.97 Å². The van der Waals surface area contributed by atoms with E-state index in [1.54, 1.807) is 6.92 Å². The largest absolute Gasteiger partial charge is 0.425 e. The first-order valence-electron chi connectivity index (χ1n) is 7.95. The van der Waals surface area contributed by atoms with Gasteiger partial charge in [-0.3, -0.25) is 4.79 Å². The molecule has 1 aromatic carbocycles. The summed E-state index contributed by atoms with van der Waals surface area (Å²) < 4.78 is 64.1. The summed E-state index contributed by atoms with van der Waals surface area (Å²) in [6.07, 6.45) is -3.16. The maximum absolute atomic E-state index is 14.2. The molecule has 0 saturated carbocycles. The van der Waals surface area contributed by atoms with E-state index in [0.717, 1.165) is 6.07 Å². The lowest BCUT2D eigenvalue weighted by Crippen LogP contribution is -2.32. The number of carbonyl (C=O) groups excluding carboxylic acids is 1. The Labute approximate surface area is 137 Å². The third kappa shape index (κ3) is 4.26. The van der Waals surface area contributed by atoms with Gasteiger partial charge in [-0.1, -0.05) is 19.4 Å². The van der Waals surface area contributed by atoms with Crippen LogP contribution in [0, 0.1) is 11.7 Å². The molecular formula is C17H20F4O3. The van der Waals surface area contributed by atoms with Crippen LogP contribution in [-0.2, 0) is 22.1 Å². The van der Waals surface area contributed by atoms with Gasteiger partial charge in [-0.2, -0.15) is 13.2 Å². The van der Waals surface area contributed by atoms with Crippen LogP contribution in [-0.4, -0.2) is 18.7 Å². The normalized spacial score (nSPS) is 21.6. The lowest BCUT2D eigenvalue weighted by molar-refractivity contribution is -0.149. The van der Waals surface area contributed by atoms with Gasteiger partial charge in [-0.05, 0) is 37.8 Å². The molecule has 0 aromatic heterocycles. The van der Waals surface area contributed by atoms with Crippen molar-refractivity contribution in [2.45, 2.75) is 51.8 Å². The van der Waals surface area contributed by atoms with Crippen LogP contribution in [0.5, 0.6) is 5.75 Å². The zero-order valence-corrected chi connectivity index (χ0v) is 13.6. The summed E-state index contributed by atoms with van der Waals surface area (Å²) in [5, 5.41) is 0. The van der Waals surface area contributed by atoms with Crippen LogP contribution < -0.4 is 4.74 Å². The first-order valence-corrected chi connectivity index (χ1v) is 7.95. The SMILES string of the molecule is CCCc1ccc(OC(=O)C2CCC(C)OC2)c(C(F)(F)F)c1F. The molecule has 3 nitrogen and oxygen atoms in total. The van der Waals surface area contributed by atoms with E-state index in [2.05, 4.69) is 0 Å². The Morgan fingerprint density at radius 2 is 2.04 bits per heavy atom. The van der Waals surface area contributed by atoms with Crippen LogP contribution in [0.4, 0.5) is 17.6 Å². The third-order valence-electron chi connectivity index (χ3n) is 4.03. The maximum Gasteiger partial charge on any atom is 0.422 e. The third-order valence-corrected chi connectivity index (χ3v) is 4.03. The number of rotatable bonds is 4. The Morgan fingerprint density at radius 3 is 2.58 bits per heavy atom. The van der Waals surface area contributed by atoms with Crippen molar-refractivity contribution < 1.29 is 31.8 Å². The van der Waals surface area contributed by atoms with E-state index < -0.39 is 35.2 Å². The summed E-state index contributed by atoms with van der Waals surface area (Å²) in [4.78, 5) is 12.1. The fraction of sp³-hybridized carbons (Fsp3) is 0.588. The van der Waals surface area contributed by atoms with Gasteiger partial charge < -0.3 is 9.47 Å². The minimum absolute atomic E-state index is 0.00515. The molecule has 0 bridgehead atoms. The van der Waals surface area contributed by atoms with Crippen LogP contribution in [0.1, 0.15) is 44.2 Å². The van der Waals surface area contributed by atoms with E-state index in [0.29, 0.717) is 19.3 Å². The van der Waals surface area contributed by atoms with Crippen molar-refractivity contribution in [3.8, 4) is 5.75 Å². The summed E-state index contributed by atoms with van der Waals surface area (Å²) in [5.41, 5.74) is -1.56. The molecule has 0 amide bonds. The van der Waals surface area contributed by atoms with Crippen LogP contribution in [0.2, 0.25) is 0 Å². The molecular weight excluding hydrogens is 328 g/mol. The molecule has 1 aliphatic rings. The predicted molar refractivity (Wildman–Crippen MR) is 79.2 cm³/mol. The number of ether oxygens (including phenoxy) is 2. The first kappa shape index (κ1) is 18.7. The standard InChI is InChI=1S/C17H20F4O3/c1-3-4-11-7-8-13(14(15(11)18)17(19,20)21)24-16(22)12-6-5-10(2)23-9-12/h7-8,10,12H,3-6,9H2,1-2H3. The molecule has 7 heteroatoms. The number of hydrogen-bond donors (Lipinski definition) is 0. The highest BCUT2D eigenvalue weighted by Gasteiger charge is 2.40. The monoisotopic (exact) mass is 348 g/mol. The smallest absolute Gasteiger partial charge is 0.422 e. The lowest BCUT2D eigenvalue weighted by atomic mass is 9.99. The second-order valence-corrected chi connectivity index (χ2v) is 6.00. The van der Waals surface area contributed by atoms with Crippen molar-refractivity contribution in [1.29, 1.82) is 0 Å². The molecule has 2 unspecified atom stereocenters. The number of carbonyl (C=O) groups is 1. The molecule has 0 N–H and O–H groups in total. The van der Waals surface area contributed by atoms with Crippen molar-refractivity contribution in [1.82, 2.24) is 0 Å². The fourth-order valence-electron chi connectivity index (χ4n) is 2.67. The molecule has 0 aliphatic carbocycles. The Morgan fingerprint density at radius 1 is 1.33 bits per heavy atom. The molecule has 1 heterocycles. The molecule has 1 saturated heterocycles. The van der Waals surface area contributed by atoms with E-state index in [4.69, 9.17) is 9.47 Å². The zero-order valence-electron chi connectivity index (χ0n) is 13.6. The highest BCUT2D eigenvalue weighted by Crippen LogP contribution is 2.40. The van der Waals surface area contributed by atoms with Gasteiger partial charge in [-0.25, -0.2) is 4.39 Å². The average molecular weight is 348 g/mol.